The lowest BCUT2D eigenvalue weighted by Crippen LogP contribution is -2.15. The SMILES string of the molecule is COC(=O)C(C)Cc1ccc(Nc2nnc(C)c(C)c2C#N)cc1. The van der Waals surface area contributed by atoms with E-state index in [9.17, 15) is 10.1 Å². The molecule has 1 heterocycles. The number of nitrogens with one attached hydrogen (secondary N) is 1. The monoisotopic (exact) mass is 324 g/mol. The topological polar surface area (TPSA) is 87.9 Å². The number of anilines is 2. The van der Waals surface area contributed by atoms with E-state index in [-0.39, 0.29) is 11.9 Å². The van der Waals surface area contributed by atoms with Gasteiger partial charge in [-0.3, -0.25) is 4.79 Å². The normalized spacial score (nSPS) is 11.5. The summed E-state index contributed by atoms with van der Waals surface area (Å²) < 4.78 is 4.74. The Kier molecular flexibility index (Phi) is 5.48. The van der Waals surface area contributed by atoms with E-state index in [0.717, 1.165) is 22.5 Å². The fraction of sp³-hybridized carbons (Fsp3) is 0.333. The van der Waals surface area contributed by atoms with Crippen molar-refractivity contribution in [1.29, 1.82) is 5.26 Å². The highest BCUT2D eigenvalue weighted by molar-refractivity contribution is 5.72. The van der Waals surface area contributed by atoms with Gasteiger partial charge in [-0.15, -0.1) is 5.10 Å². The van der Waals surface area contributed by atoms with E-state index >= 15 is 0 Å². The Balaban J connectivity index is 2.14. The Morgan fingerprint density at radius 3 is 2.54 bits per heavy atom. The standard InChI is InChI=1S/C18H20N4O2/c1-11(18(23)24-4)9-14-5-7-15(8-6-14)20-17-16(10-19)12(2)13(3)21-22-17/h5-8,11H,9H2,1-4H3,(H,20,22). The molecule has 124 valence electrons. The third-order valence-electron chi connectivity index (χ3n) is 3.93. The number of esters is 1. The van der Waals surface area contributed by atoms with Crippen molar-refractivity contribution >= 4 is 17.5 Å². The molecule has 0 bridgehead atoms. The summed E-state index contributed by atoms with van der Waals surface area (Å²) in [6.45, 7) is 5.51. The largest absolute Gasteiger partial charge is 0.469 e. The highest BCUT2D eigenvalue weighted by Gasteiger charge is 2.14. The van der Waals surface area contributed by atoms with Gasteiger partial charge in [0.25, 0.3) is 0 Å². The average molecular weight is 324 g/mol. The molecule has 1 unspecified atom stereocenters. The number of ether oxygens (including phenoxy) is 1. The van der Waals surface area contributed by atoms with Gasteiger partial charge in [-0.1, -0.05) is 19.1 Å². The molecule has 0 radical (unpaired) electrons. The summed E-state index contributed by atoms with van der Waals surface area (Å²) in [4.78, 5) is 11.5. The van der Waals surface area contributed by atoms with E-state index in [1.165, 1.54) is 7.11 Å². The van der Waals surface area contributed by atoms with Crippen molar-refractivity contribution in [3.8, 4) is 6.07 Å². The van der Waals surface area contributed by atoms with Crippen LogP contribution in [0.2, 0.25) is 0 Å². The van der Waals surface area contributed by atoms with Crippen LogP contribution in [0.15, 0.2) is 24.3 Å². The van der Waals surface area contributed by atoms with Gasteiger partial charge in [0.15, 0.2) is 5.82 Å². The number of rotatable bonds is 5. The first-order chi connectivity index (χ1) is 11.5. The van der Waals surface area contributed by atoms with Crippen molar-refractivity contribution < 1.29 is 9.53 Å². The highest BCUT2D eigenvalue weighted by atomic mass is 16.5. The molecule has 0 aliphatic carbocycles. The van der Waals surface area contributed by atoms with Gasteiger partial charge in [0.1, 0.15) is 11.6 Å². The van der Waals surface area contributed by atoms with Crippen LogP contribution < -0.4 is 5.32 Å². The van der Waals surface area contributed by atoms with Crippen LogP contribution in [-0.2, 0) is 16.0 Å². The Labute approximate surface area is 141 Å². The van der Waals surface area contributed by atoms with E-state index in [2.05, 4.69) is 21.6 Å². The minimum absolute atomic E-state index is 0.190. The molecule has 2 rings (SSSR count). The van der Waals surface area contributed by atoms with Crippen LogP contribution in [0.4, 0.5) is 11.5 Å². The first-order valence-electron chi connectivity index (χ1n) is 7.64. The highest BCUT2D eigenvalue weighted by Crippen LogP contribution is 2.22. The minimum atomic E-state index is -0.221. The van der Waals surface area contributed by atoms with Gasteiger partial charge < -0.3 is 10.1 Å². The molecule has 0 aliphatic heterocycles. The van der Waals surface area contributed by atoms with E-state index < -0.39 is 0 Å². The molecular formula is C18H20N4O2. The van der Waals surface area contributed by atoms with Crippen LogP contribution in [0.3, 0.4) is 0 Å². The lowest BCUT2D eigenvalue weighted by molar-refractivity contribution is -0.144. The maximum atomic E-state index is 11.5. The van der Waals surface area contributed by atoms with Crippen LogP contribution in [0.25, 0.3) is 0 Å². The predicted molar refractivity (Wildman–Crippen MR) is 90.8 cm³/mol. The quantitative estimate of drug-likeness (QED) is 0.850. The van der Waals surface area contributed by atoms with Crippen molar-refractivity contribution in [3.63, 3.8) is 0 Å². The summed E-state index contributed by atoms with van der Waals surface area (Å²) in [7, 11) is 1.39. The Morgan fingerprint density at radius 2 is 1.96 bits per heavy atom. The fourth-order valence-electron chi connectivity index (χ4n) is 2.33. The number of methoxy groups -OCH3 is 1. The molecule has 24 heavy (non-hydrogen) atoms. The summed E-state index contributed by atoms with van der Waals surface area (Å²) in [5, 5.41) is 20.6. The van der Waals surface area contributed by atoms with Crippen LogP contribution in [0.5, 0.6) is 0 Å². The van der Waals surface area contributed by atoms with E-state index in [4.69, 9.17) is 4.74 Å². The van der Waals surface area contributed by atoms with Crippen molar-refractivity contribution in [1.82, 2.24) is 10.2 Å². The van der Waals surface area contributed by atoms with Crippen molar-refractivity contribution in [3.05, 3.63) is 46.6 Å². The van der Waals surface area contributed by atoms with Crippen LogP contribution in [-0.4, -0.2) is 23.3 Å². The first kappa shape index (κ1) is 17.4. The van der Waals surface area contributed by atoms with E-state index in [0.29, 0.717) is 17.8 Å². The second-order valence-corrected chi connectivity index (χ2v) is 5.70. The third kappa shape index (κ3) is 3.87. The molecule has 1 atom stereocenters. The van der Waals surface area contributed by atoms with Crippen LogP contribution in [0, 0.1) is 31.1 Å². The molecular weight excluding hydrogens is 304 g/mol. The molecule has 0 saturated heterocycles. The van der Waals surface area contributed by atoms with Crippen molar-refractivity contribution in [2.24, 2.45) is 5.92 Å². The molecule has 0 amide bonds. The zero-order valence-corrected chi connectivity index (χ0v) is 14.3. The lowest BCUT2D eigenvalue weighted by atomic mass is 10.0. The number of aromatic nitrogens is 2. The molecule has 1 N–H and O–H groups in total. The molecule has 0 aliphatic rings. The van der Waals surface area contributed by atoms with Gasteiger partial charge in [0.2, 0.25) is 0 Å². The van der Waals surface area contributed by atoms with Gasteiger partial charge in [-0.05, 0) is 43.5 Å². The molecule has 1 aromatic heterocycles. The molecule has 1 aromatic carbocycles. The number of aryl methyl sites for hydroxylation is 1. The molecule has 6 nitrogen and oxygen atoms in total. The smallest absolute Gasteiger partial charge is 0.308 e. The number of hydrogen-bond acceptors (Lipinski definition) is 6. The van der Waals surface area contributed by atoms with Crippen LogP contribution in [0.1, 0.15) is 29.3 Å². The fourth-order valence-corrected chi connectivity index (χ4v) is 2.33. The summed E-state index contributed by atoms with van der Waals surface area (Å²) >= 11 is 0. The number of carbonyl (C=O) groups is 1. The second-order valence-electron chi connectivity index (χ2n) is 5.70. The van der Waals surface area contributed by atoms with Crippen molar-refractivity contribution in [2.45, 2.75) is 27.2 Å². The predicted octanol–water partition coefficient (Wildman–Crippen LogP) is 3.06. The Bertz CT molecular complexity index is 779. The lowest BCUT2D eigenvalue weighted by Gasteiger charge is -2.11. The zero-order chi connectivity index (χ0) is 17.7. The summed E-state index contributed by atoms with van der Waals surface area (Å²) in [5.74, 6) is 0.0298. The molecule has 2 aromatic rings. The van der Waals surface area contributed by atoms with Gasteiger partial charge in [0, 0.05) is 5.69 Å². The first-order valence-corrected chi connectivity index (χ1v) is 7.64. The Morgan fingerprint density at radius 1 is 1.29 bits per heavy atom. The van der Waals surface area contributed by atoms with Gasteiger partial charge >= 0.3 is 5.97 Å². The zero-order valence-electron chi connectivity index (χ0n) is 14.3. The average Bonchev–Trinajstić information content (AvgIpc) is 2.59. The molecule has 0 spiro atoms. The van der Waals surface area contributed by atoms with E-state index in [1.807, 2.05) is 45.0 Å². The number of carbonyl (C=O) groups excluding carboxylic acids is 1. The number of nitriles is 1. The molecule has 0 fully saturated rings. The number of hydrogen-bond donors (Lipinski definition) is 1. The molecule has 6 heteroatoms. The number of nitrogens with zero attached hydrogens (tertiary/aromatic N) is 3. The summed E-state index contributed by atoms with van der Waals surface area (Å²) in [6, 6.07) is 9.80. The summed E-state index contributed by atoms with van der Waals surface area (Å²) in [6.07, 6.45) is 0.611. The maximum absolute atomic E-state index is 11.5. The van der Waals surface area contributed by atoms with Crippen LogP contribution >= 0.6 is 0 Å². The second kappa shape index (κ2) is 7.55. The van der Waals surface area contributed by atoms with Gasteiger partial charge in [-0.2, -0.15) is 10.4 Å². The minimum Gasteiger partial charge on any atom is -0.469 e. The van der Waals surface area contributed by atoms with Crippen molar-refractivity contribution in [2.75, 3.05) is 12.4 Å². The van der Waals surface area contributed by atoms with E-state index in [1.54, 1.807) is 0 Å². The maximum Gasteiger partial charge on any atom is 0.308 e. The van der Waals surface area contributed by atoms with Gasteiger partial charge in [0.05, 0.1) is 18.7 Å². The van der Waals surface area contributed by atoms with Gasteiger partial charge in [-0.25, -0.2) is 0 Å². The Hall–Kier alpha value is -2.94. The number of benzene rings is 1. The third-order valence-corrected chi connectivity index (χ3v) is 3.93. The molecule has 0 saturated carbocycles. The summed E-state index contributed by atoms with van der Waals surface area (Å²) in [5.41, 5.74) is 3.89.